The van der Waals surface area contributed by atoms with Crippen molar-refractivity contribution in [2.24, 2.45) is 0 Å². The van der Waals surface area contributed by atoms with Crippen LogP contribution in [0.4, 0.5) is 4.79 Å². The standard InChI is InChI=1S/C15H26N6O4S/c1-11-17-14(19-18-11)12-3-5-20(6-4-12)15(22)16-9-13-10-21(7-8-25-13)26(2,23)24/h12-13H,3-10H2,1-2H3,(H,16,22)(H,17,18,19). The molecule has 3 heterocycles. The van der Waals surface area contributed by atoms with E-state index < -0.39 is 10.0 Å². The summed E-state index contributed by atoms with van der Waals surface area (Å²) in [4.78, 5) is 18.5. The number of urea groups is 1. The lowest BCUT2D eigenvalue weighted by molar-refractivity contribution is 0.000790. The van der Waals surface area contributed by atoms with Crippen LogP contribution in [0.25, 0.3) is 0 Å². The number of morpholine rings is 1. The summed E-state index contributed by atoms with van der Waals surface area (Å²) in [5.74, 6) is 1.89. The first-order chi connectivity index (χ1) is 12.3. The molecule has 3 rings (SSSR count). The van der Waals surface area contributed by atoms with Crippen molar-refractivity contribution in [3.63, 3.8) is 0 Å². The number of rotatable bonds is 4. The largest absolute Gasteiger partial charge is 0.374 e. The summed E-state index contributed by atoms with van der Waals surface area (Å²) in [6.07, 6.45) is 2.52. The van der Waals surface area contributed by atoms with E-state index in [2.05, 4.69) is 20.5 Å². The van der Waals surface area contributed by atoms with Crippen LogP contribution in [-0.4, -0.2) is 90.5 Å². The third-order valence-corrected chi connectivity index (χ3v) is 6.08. The normalized spacial score (nSPS) is 23.2. The molecule has 2 fully saturated rings. The van der Waals surface area contributed by atoms with E-state index in [4.69, 9.17) is 4.74 Å². The highest BCUT2D eigenvalue weighted by Gasteiger charge is 2.29. The van der Waals surface area contributed by atoms with Gasteiger partial charge in [0, 0.05) is 38.6 Å². The van der Waals surface area contributed by atoms with Crippen LogP contribution < -0.4 is 5.32 Å². The molecule has 146 valence electrons. The summed E-state index contributed by atoms with van der Waals surface area (Å²) in [5, 5.41) is 9.92. The Bertz CT molecular complexity index is 728. The lowest BCUT2D eigenvalue weighted by Gasteiger charge is -2.33. The number of aromatic nitrogens is 3. The average molecular weight is 386 g/mol. The molecule has 2 saturated heterocycles. The van der Waals surface area contributed by atoms with E-state index in [0.717, 1.165) is 24.5 Å². The summed E-state index contributed by atoms with van der Waals surface area (Å²) in [6, 6.07) is -0.144. The number of piperidine rings is 1. The van der Waals surface area contributed by atoms with Crippen molar-refractivity contribution in [2.75, 3.05) is 45.6 Å². The maximum absolute atomic E-state index is 12.4. The second-order valence-electron chi connectivity index (χ2n) is 6.84. The van der Waals surface area contributed by atoms with Crippen molar-refractivity contribution in [3.8, 4) is 0 Å². The maximum Gasteiger partial charge on any atom is 0.317 e. The maximum atomic E-state index is 12.4. The smallest absolute Gasteiger partial charge is 0.317 e. The molecule has 2 N–H and O–H groups in total. The van der Waals surface area contributed by atoms with Gasteiger partial charge in [-0.05, 0) is 19.8 Å². The zero-order valence-corrected chi connectivity index (χ0v) is 16.0. The molecule has 0 aliphatic carbocycles. The number of H-pyrrole nitrogens is 1. The number of hydrogen-bond donors (Lipinski definition) is 2. The fourth-order valence-electron chi connectivity index (χ4n) is 3.31. The summed E-state index contributed by atoms with van der Waals surface area (Å²) in [5.41, 5.74) is 0. The Morgan fingerprint density at radius 2 is 2.08 bits per heavy atom. The van der Waals surface area contributed by atoms with Crippen LogP contribution in [-0.2, 0) is 14.8 Å². The zero-order chi connectivity index (χ0) is 18.7. The van der Waals surface area contributed by atoms with Crippen LogP contribution in [0.15, 0.2) is 0 Å². The number of aromatic amines is 1. The Balaban J connectivity index is 1.43. The van der Waals surface area contributed by atoms with Crippen molar-refractivity contribution >= 4 is 16.1 Å². The van der Waals surface area contributed by atoms with E-state index >= 15 is 0 Å². The molecule has 1 aromatic heterocycles. The summed E-state index contributed by atoms with van der Waals surface area (Å²) in [7, 11) is -3.23. The van der Waals surface area contributed by atoms with E-state index in [1.54, 1.807) is 4.90 Å². The lowest BCUT2D eigenvalue weighted by Crippen LogP contribution is -2.51. The topological polar surface area (TPSA) is 121 Å². The van der Waals surface area contributed by atoms with Gasteiger partial charge in [-0.2, -0.15) is 9.40 Å². The first-order valence-electron chi connectivity index (χ1n) is 8.81. The van der Waals surface area contributed by atoms with E-state index in [9.17, 15) is 13.2 Å². The van der Waals surface area contributed by atoms with Crippen molar-refractivity contribution in [3.05, 3.63) is 11.6 Å². The van der Waals surface area contributed by atoms with E-state index in [1.807, 2.05) is 6.92 Å². The fourth-order valence-corrected chi connectivity index (χ4v) is 4.16. The molecule has 2 aliphatic rings. The molecule has 0 bridgehead atoms. The molecule has 26 heavy (non-hydrogen) atoms. The molecule has 10 nitrogen and oxygen atoms in total. The minimum atomic E-state index is -3.23. The number of hydrogen-bond acceptors (Lipinski definition) is 6. The molecule has 1 aromatic rings. The van der Waals surface area contributed by atoms with Gasteiger partial charge in [-0.3, -0.25) is 5.10 Å². The van der Waals surface area contributed by atoms with Crippen LogP contribution in [0.2, 0.25) is 0 Å². The Labute approximate surface area is 153 Å². The molecule has 11 heteroatoms. The molecule has 2 amide bonds. The second-order valence-corrected chi connectivity index (χ2v) is 8.82. The first-order valence-corrected chi connectivity index (χ1v) is 10.7. The Kier molecular flexibility index (Phi) is 5.78. The van der Waals surface area contributed by atoms with Crippen LogP contribution in [0.5, 0.6) is 0 Å². The number of nitrogens with one attached hydrogen (secondary N) is 2. The van der Waals surface area contributed by atoms with Gasteiger partial charge in [0.05, 0.1) is 19.0 Å². The molecule has 2 aliphatic heterocycles. The predicted octanol–water partition coefficient (Wildman–Crippen LogP) is -0.337. The predicted molar refractivity (Wildman–Crippen MR) is 94.2 cm³/mol. The SMILES string of the molecule is Cc1nc(C2CCN(C(=O)NCC3CN(S(C)(=O)=O)CCO3)CC2)n[nH]1. The molecule has 1 unspecified atom stereocenters. The minimum absolute atomic E-state index is 0.144. The minimum Gasteiger partial charge on any atom is -0.374 e. The quantitative estimate of drug-likeness (QED) is 0.731. The highest BCUT2D eigenvalue weighted by Crippen LogP contribution is 2.25. The van der Waals surface area contributed by atoms with Crippen molar-refractivity contribution < 1.29 is 17.9 Å². The van der Waals surface area contributed by atoms with Gasteiger partial charge in [-0.15, -0.1) is 0 Å². The molecule has 0 radical (unpaired) electrons. The van der Waals surface area contributed by atoms with Crippen LogP contribution in [0.3, 0.4) is 0 Å². The highest BCUT2D eigenvalue weighted by atomic mass is 32.2. The number of aryl methyl sites for hydroxylation is 1. The number of sulfonamides is 1. The van der Waals surface area contributed by atoms with Crippen LogP contribution in [0.1, 0.15) is 30.4 Å². The molecular formula is C15H26N6O4S. The van der Waals surface area contributed by atoms with Crippen LogP contribution in [0, 0.1) is 6.92 Å². The molecule has 0 aromatic carbocycles. The first kappa shape index (κ1) is 19.1. The number of nitrogens with zero attached hydrogens (tertiary/aromatic N) is 4. The number of amides is 2. The van der Waals surface area contributed by atoms with Gasteiger partial charge in [-0.25, -0.2) is 18.2 Å². The monoisotopic (exact) mass is 386 g/mol. The highest BCUT2D eigenvalue weighted by molar-refractivity contribution is 7.88. The van der Waals surface area contributed by atoms with Gasteiger partial charge in [0.2, 0.25) is 10.0 Å². The zero-order valence-electron chi connectivity index (χ0n) is 15.1. The Morgan fingerprint density at radius 3 is 2.69 bits per heavy atom. The van der Waals surface area contributed by atoms with Gasteiger partial charge in [-0.1, -0.05) is 0 Å². The molecule has 1 atom stereocenters. The van der Waals surface area contributed by atoms with Gasteiger partial charge in [0.15, 0.2) is 5.82 Å². The van der Waals surface area contributed by atoms with Gasteiger partial charge >= 0.3 is 6.03 Å². The lowest BCUT2D eigenvalue weighted by atomic mass is 9.96. The van der Waals surface area contributed by atoms with E-state index in [-0.39, 0.29) is 24.6 Å². The Hall–Kier alpha value is -1.72. The molecule has 0 spiro atoms. The number of likely N-dealkylation sites (tertiary alicyclic amines) is 1. The third kappa shape index (κ3) is 4.71. The summed E-state index contributed by atoms with van der Waals surface area (Å²) >= 11 is 0. The summed E-state index contributed by atoms with van der Waals surface area (Å²) in [6.45, 7) is 4.43. The third-order valence-electron chi connectivity index (χ3n) is 4.81. The van der Waals surface area contributed by atoms with Gasteiger partial charge in [0.1, 0.15) is 5.82 Å². The molecular weight excluding hydrogens is 360 g/mol. The number of ether oxygens (including phenoxy) is 1. The van der Waals surface area contributed by atoms with Gasteiger partial charge in [0.25, 0.3) is 0 Å². The van der Waals surface area contributed by atoms with Crippen molar-refractivity contribution in [1.82, 2.24) is 29.7 Å². The van der Waals surface area contributed by atoms with Crippen molar-refractivity contribution in [1.29, 1.82) is 0 Å². The number of carbonyl (C=O) groups is 1. The van der Waals surface area contributed by atoms with E-state index in [1.165, 1.54) is 10.6 Å². The van der Waals surface area contributed by atoms with E-state index in [0.29, 0.717) is 32.8 Å². The summed E-state index contributed by atoms with van der Waals surface area (Å²) < 4.78 is 30.2. The van der Waals surface area contributed by atoms with Crippen LogP contribution >= 0.6 is 0 Å². The Morgan fingerprint density at radius 1 is 1.35 bits per heavy atom. The average Bonchev–Trinajstić information content (AvgIpc) is 3.06. The van der Waals surface area contributed by atoms with Crippen molar-refractivity contribution in [2.45, 2.75) is 31.8 Å². The fraction of sp³-hybridized carbons (Fsp3) is 0.800. The molecule has 0 saturated carbocycles. The van der Waals surface area contributed by atoms with Gasteiger partial charge < -0.3 is 15.0 Å². The second kappa shape index (κ2) is 7.89. The number of carbonyl (C=O) groups excluding carboxylic acids is 1.